The van der Waals surface area contributed by atoms with Crippen LogP contribution in [-0.4, -0.2) is 42.9 Å². The molecule has 2 N–H and O–H groups in total. The normalized spacial score (nSPS) is 16.1. The number of benzene rings is 3. The maximum Gasteiger partial charge on any atom is 0.337 e. The molecule has 1 fully saturated rings. The van der Waals surface area contributed by atoms with E-state index in [1.54, 1.807) is 18.2 Å². The first-order valence-corrected chi connectivity index (χ1v) is 12.1. The number of nitrogens with zero attached hydrogens (tertiary/aromatic N) is 1. The van der Waals surface area contributed by atoms with Gasteiger partial charge in [0.25, 0.3) is 11.8 Å². The molecule has 0 radical (unpaired) electrons. The Hall–Kier alpha value is -4.39. The van der Waals surface area contributed by atoms with Gasteiger partial charge in [0.15, 0.2) is 0 Å². The Morgan fingerprint density at radius 3 is 2.25 bits per heavy atom. The van der Waals surface area contributed by atoms with Crippen LogP contribution in [0.25, 0.3) is 11.3 Å². The molecule has 0 saturated carbocycles. The van der Waals surface area contributed by atoms with Crippen LogP contribution in [0.15, 0.2) is 72.8 Å². The minimum Gasteiger partial charge on any atom is -0.465 e. The van der Waals surface area contributed by atoms with Crippen LogP contribution < -0.4 is 10.6 Å². The number of esters is 1. The molecule has 7 nitrogen and oxygen atoms in total. The van der Waals surface area contributed by atoms with Crippen LogP contribution in [0.1, 0.15) is 51.1 Å². The van der Waals surface area contributed by atoms with Gasteiger partial charge in [0.2, 0.25) is 0 Å². The minimum atomic E-state index is -0.468. The Bertz CT molecular complexity index is 1340. The van der Waals surface area contributed by atoms with E-state index in [4.69, 9.17) is 4.74 Å². The van der Waals surface area contributed by atoms with Crippen LogP contribution in [0.3, 0.4) is 0 Å². The number of fused-ring (bicyclic) bond motifs is 1. The minimum absolute atomic E-state index is 0.0494. The van der Waals surface area contributed by atoms with Crippen molar-refractivity contribution in [3.05, 3.63) is 95.1 Å². The first-order chi connectivity index (χ1) is 17.5. The molecule has 5 rings (SSSR count). The van der Waals surface area contributed by atoms with Crippen LogP contribution in [-0.2, 0) is 9.53 Å². The zero-order valence-electron chi connectivity index (χ0n) is 20.0. The lowest BCUT2D eigenvalue weighted by Crippen LogP contribution is -2.35. The van der Waals surface area contributed by atoms with Crippen molar-refractivity contribution in [3.63, 3.8) is 0 Å². The molecule has 0 unspecified atom stereocenters. The number of anilines is 2. The third kappa shape index (κ3) is 4.60. The Labute approximate surface area is 209 Å². The summed E-state index contributed by atoms with van der Waals surface area (Å²) in [7, 11) is 1.32. The molecule has 2 aliphatic heterocycles. The van der Waals surface area contributed by atoms with Gasteiger partial charge in [-0.2, -0.15) is 0 Å². The monoisotopic (exact) mass is 481 g/mol. The van der Waals surface area contributed by atoms with Crippen molar-refractivity contribution in [3.8, 4) is 0 Å². The largest absolute Gasteiger partial charge is 0.465 e. The Morgan fingerprint density at radius 1 is 0.861 bits per heavy atom. The standard InChI is InChI=1S/C29H27N3O4/c1-36-29(35)21-12-15-23-24(18-21)31-27(33)25(23)26(19-8-4-2-5-9-19)30-22-13-10-20(11-14-22)28(34)32-16-6-3-7-17-32/h2,4-5,8-15,18,30H,3,6-7,16-17H2,1H3,(H,31,33)/b26-25-. The average molecular weight is 482 g/mol. The summed E-state index contributed by atoms with van der Waals surface area (Å²) in [6.07, 6.45) is 3.26. The highest BCUT2D eigenvalue weighted by Crippen LogP contribution is 2.38. The van der Waals surface area contributed by atoms with Crippen molar-refractivity contribution in [2.24, 2.45) is 0 Å². The van der Waals surface area contributed by atoms with E-state index >= 15 is 0 Å². The summed E-state index contributed by atoms with van der Waals surface area (Å²) < 4.78 is 4.81. The molecule has 3 aromatic carbocycles. The number of rotatable bonds is 5. The lowest BCUT2D eigenvalue weighted by Gasteiger charge is -2.26. The van der Waals surface area contributed by atoms with E-state index in [1.807, 2.05) is 59.5 Å². The second-order valence-electron chi connectivity index (χ2n) is 8.88. The van der Waals surface area contributed by atoms with Crippen molar-refractivity contribution in [1.82, 2.24) is 4.90 Å². The lowest BCUT2D eigenvalue weighted by molar-refractivity contribution is -0.110. The average Bonchev–Trinajstić information content (AvgIpc) is 3.26. The van der Waals surface area contributed by atoms with E-state index in [9.17, 15) is 14.4 Å². The van der Waals surface area contributed by atoms with Gasteiger partial charge in [-0.05, 0) is 61.2 Å². The highest BCUT2D eigenvalue weighted by atomic mass is 16.5. The highest BCUT2D eigenvalue weighted by molar-refractivity contribution is 6.37. The number of piperidine rings is 1. The van der Waals surface area contributed by atoms with Crippen molar-refractivity contribution in [2.75, 3.05) is 30.8 Å². The molecular weight excluding hydrogens is 454 g/mol. The number of carbonyl (C=O) groups is 3. The fraction of sp³-hybridized carbons (Fsp3) is 0.207. The molecule has 2 heterocycles. The van der Waals surface area contributed by atoms with Crippen LogP contribution in [0.4, 0.5) is 11.4 Å². The topological polar surface area (TPSA) is 87.7 Å². The van der Waals surface area contributed by atoms with Gasteiger partial charge in [0.05, 0.1) is 29.6 Å². The van der Waals surface area contributed by atoms with Gasteiger partial charge in [0.1, 0.15) is 0 Å². The number of methoxy groups -OCH3 is 1. The van der Waals surface area contributed by atoms with E-state index in [0.717, 1.165) is 37.2 Å². The number of likely N-dealkylation sites (tertiary alicyclic amines) is 1. The van der Waals surface area contributed by atoms with E-state index in [0.29, 0.717) is 33.6 Å². The fourth-order valence-electron chi connectivity index (χ4n) is 4.67. The molecule has 0 atom stereocenters. The van der Waals surface area contributed by atoms with Gasteiger partial charge < -0.3 is 20.3 Å². The van der Waals surface area contributed by atoms with Crippen LogP contribution in [0, 0.1) is 0 Å². The number of hydrogen-bond donors (Lipinski definition) is 2. The van der Waals surface area contributed by atoms with Gasteiger partial charge in [-0.25, -0.2) is 4.79 Å². The quantitative estimate of drug-likeness (QED) is 0.394. The summed E-state index contributed by atoms with van der Waals surface area (Å²) in [6.45, 7) is 1.60. The SMILES string of the molecule is COC(=O)c1ccc2c(c1)NC(=O)/C2=C(\Nc1ccc(C(=O)N2CCCCC2)cc1)c1ccccc1. The van der Waals surface area contributed by atoms with Crippen molar-refractivity contribution in [1.29, 1.82) is 0 Å². The Kier molecular flexibility index (Phi) is 6.54. The van der Waals surface area contributed by atoms with E-state index in [-0.39, 0.29) is 11.8 Å². The molecule has 7 heteroatoms. The highest BCUT2D eigenvalue weighted by Gasteiger charge is 2.29. The smallest absolute Gasteiger partial charge is 0.337 e. The maximum absolute atomic E-state index is 13.1. The van der Waals surface area contributed by atoms with E-state index in [2.05, 4.69) is 10.6 Å². The Morgan fingerprint density at radius 2 is 1.56 bits per heavy atom. The number of amides is 2. The molecule has 36 heavy (non-hydrogen) atoms. The first kappa shape index (κ1) is 23.4. The lowest BCUT2D eigenvalue weighted by atomic mass is 9.99. The van der Waals surface area contributed by atoms with Crippen molar-refractivity contribution < 1.29 is 19.1 Å². The maximum atomic E-state index is 13.1. The summed E-state index contributed by atoms with van der Waals surface area (Å²) in [5, 5.41) is 6.27. The summed E-state index contributed by atoms with van der Waals surface area (Å²) in [5.74, 6) is -0.686. The molecule has 0 aromatic heterocycles. The summed E-state index contributed by atoms with van der Waals surface area (Å²) >= 11 is 0. The number of carbonyl (C=O) groups excluding carboxylic acids is 3. The second-order valence-corrected chi connectivity index (χ2v) is 8.88. The molecule has 182 valence electrons. The molecule has 2 aliphatic rings. The summed E-state index contributed by atoms with van der Waals surface area (Å²) in [4.78, 5) is 39.9. The molecular formula is C29H27N3O4. The molecule has 3 aromatic rings. The van der Waals surface area contributed by atoms with Gasteiger partial charge in [-0.15, -0.1) is 0 Å². The van der Waals surface area contributed by atoms with Gasteiger partial charge in [-0.3, -0.25) is 9.59 Å². The second kappa shape index (κ2) is 10.1. The van der Waals surface area contributed by atoms with Crippen LogP contribution in [0.2, 0.25) is 0 Å². The van der Waals surface area contributed by atoms with Crippen LogP contribution >= 0.6 is 0 Å². The number of nitrogens with one attached hydrogen (secondary N) is 2. The zero-order chi connectivity index (χ0) is 25.1. The van der Waals surface area contributed by atoms with Gasteiger partial charge in [-0.1, -0.05) is 36.4 Å². The van der Waals surface area contributed by atoms with Crippen molar-refractivity contribution >= 4 is 40.4 Å². The number of hydrogen-bond acceptors (Lipinski definition) is 5. The predicted octanol–water partition coefficient (Wildman–Crippen LogP) is 5.03. The molecule has 0 spiro atoms. The third-order valence-electron chi connectivity index (χ3n) is 6.54. The summed E-state index contributed by atoms with van der Waals surface area (Å²) in [6, 6.07) is 22.0. The first-order valence-electron chi connectivity index (χ1n) is 12.1. The molecule has 1 saturated heterocycles. The molecule has 0 bridgehead atoms. The third-order valence-corrected chi connectivity index (χ3v) is 6.54. The van der Waals surface area contributed by atoms with Crippen LogP contribution in [0.5, 0.6) is 0 Å². The number of ether oxygens (including phenoxy) is 1. The fourth-order valence-corrected chi connectivity index (χ4v) is 4.67. The molecule has 0 aliphatic carbocycles. The molecule has 2 amide bonds. The van der Waals surface area contributed by atoms with Gasteiger partial charge in [0, 0.05) is 29.9 Å². The van der Waals surface area contributed by atoms with E-state index < -0.39 is 5.97 Å². The van der Waals surface area contributed by atoms with Crippen molar-refractivity contribution in [2.45, 2.75) is 19.3 Å². The van der Waals surface area contributed by atoms with E-state index in [1.165, 1.54) is 13.5 Å². The Balaban J connectivity index is 1.50. The summed E-state index contributed by atoms with van der Waals surface area (Å²) in [5.41, 5.74) is 4.95. The zero-order valence-corrected chi connectivity index (χ0v) is 20.0. The van der Waals surface area contributed by atoms with Gasteiger partial charge >= 0.3 is 5.97 Å². The predicted molar refractivity (Wildman–Crippen MR) is 139 cm³/mol.